The van der Waals surface area contributed by atoms with E-state index in [-0.39, 0.29) is 25.1 Å². The molecule has 0 aliphatic carbocycles. The molecule has 3 N–H and O–H groups in total. The van der Waals surface area contributed by atoms with Crippen molar-refractivity contribution in [1.29, 1.82) is 0 Å². The molecular formula is C22H20N3O6-. The van der Waals surface area contributed by atoms with Crippen LogP contribution in [0.3, 0.4) is 0 Å². The van der Waals surface area contributed by atoms with Crippen LogP contribution < -0.4 is 16.4 Å². The second-order valence-corrected chi connectivity index (χ2v) is 7.37. The zero-order chi connectivity index (χ0) is 22.3. The molecule has 31 heavy (non-hydrogen) atoms. The van der Waals surface area contributed by atoms with Gasteiger partial charge in [-0.25, -0.2) is 9.78 Å². The third kappa shape index (κ3) is 3.28. The number of aliphatic hydroxyl groups is 1. The van der Waals surface area contributed by atoms with Gasteiger partial charge in [-0.05, 0) is 24.6 Å². The summed E-state index contributed by atoms with van der Waals surface area (Å²) in [5, 5.41) is 21.0. The van der Waals surface area contributed by atoms with E-state index >= 15 is 0 Å². The van der Waals surface area contributed by atoms with Gasteiger partial charge in [0.25, 0.3) is 5.56 Å². The highest BCUT2D eigenvalue weighted by Gasteiger charge is 2.45. The fourth-order valence-corrected chi connectivity index (χ4v) is 3.93. The first kappa shape index (κ1) is 20.7. The van der Waals surface area contributed by atoms with E-state index < -0.39 is 17.5 Å². The van der Waals surface area contributed by atoms with Crippen LogP contribution in [0.5, 0.6) is 0 Å². The van der Waals surface area contributed by atoms with Gasteiger partial charge in [-0.2, -0.15) is 0 Å². The van der Waals surface area contributed by atoms with Crippen molar-refractivity contribution >= 4 is 22.8 Å². The Morgan fingerprint density at radius 1 is 1.32 bits per heavy atom. The van der Waals surface area contributed by atoms with Gasteiger partial charge in [-0.3, -0.25) is 4.79 Å². The fraction of sp³-hybridized carbons (Fsp3) is 0.273. The first-order valence-corrected chi connectivity index (χ1v) is 9.76. The molecule has 4 heterocycles. The predicted octanol–water partition coefficient (Wildman–Crippen LogP) is -0.225. The number of cyclic esters (lactones) is 1. The Balaban J connectivity index is 0.000000418. The zero-order valence-electron chi connectivity index (χ0n) is 16.8. The first-order valence-electron chi connectivity index (χ1n) is 9.76. The molecule has 0 bridgehead atoms. The van der Waals surface area contributed by atoms with E-state index in [9.17, 15) is 14.7 Å². The Hall–Kier alpha value is -3.56. The van der Waals surface area contributed by atoms with Gasteiger partial charge in [-0.1, -0.05) is 25.1 Å². The number of carbonyl (C=O) groups excluding carboxylic acids is 2. The molecule has 1 aromatic carbocycles. The third-order valence-corrected chi connectivity index (χ3v) is 5.58. The molecule has 160 valence electrons. The van der Waals surface area contributed by atoms with Gasteiger partial charge < -0.3 is 30.0 Å². The summed E-state index contributed by atoms with van der Waals surface area (Å²) < 4.78 is 6.72. The number of carboxylic acids is 1. The van der Waals surface area contributed by atoms with Crippen molar-refractivity contribution in [2.24, 2.45) is 5.73 Å². The number of carbonyl (C=O) groups is 2. The standard InChI is InChI=1S/C20H16N2O4.C2H5NO2/c1-2-20(25)14-8-16-17-12(7-11-5-3-4-6-15(11)21-17)9-22(16)18(23)13(14)10-26-19(20)24;3-1-2(4)5/h3-8,25H,2,9-10H2,1H3;1,3H2,(H,4,5)/p-1/t20-;/m0./s1. The number of fused-ring (bicyclic) bond motifs is 5. The Bertz CT molecular complexity index is 1280. The number of aliphatic carboxylic acids is 1. The molecule has 0 unspecified atom stereocenters. The monoisotopic (exact) mass is 422 g/mol. The molecular weight excluding hydrogens is 402 g/mol. The van der Waals surface area contributed by atoms with Gasteiger partial charge in [0.1, 0.15) is 6.61 Å². The van der Waals surface area contributed by atoms with Crippen LogP contribution in [0.2, 0.25) is 0 Å². The lowest BCUT2D eigenvalue weighted by Gasteiger charge is -2.31. The number of hydrogen-bond donors (Lipinski definition) is 2. The van der Waals surface area contributed by atoms with Crippen molar-refractivity contribution in [3.05, 3.63) is 63.4 Å². The molecule has 9 nitrogen and oxygen atoms in total. The lowest BCUT2D eigenvalue weighted by molar-refractivity contribution is -0.303. The molecule has 3 aromatic rings. The Morgan fingerprint density at radius 3 is 2.71 bits per heavy atom. The molecule has 0 spiro atoms. The molecule has 9 heteroatoms. The summed E-state index contributed by atoms with van der Waals surface area (Å²) in [6, 6.07) is 11.6. The second kappa shape index (κ2) is 7.60. The van der Waals surface area contributed by atoms with E-state index in [2.05, 4.69) is 5.73 Å². The number of pyridine rings is 2. The van der Waals surface area contributed by atoms with Crippen LogP contribution in [-0.4, -0.2) is 33.1 Å². The number of nitrogens with two attached hydrogens (primary N) is 1. The van der Waals surface area contributed by atoms with Gasteiger partial charge in [-0.15, -0.1) is 0 Å². The number of hydrogen-bond acceptors (Lipinski definition) is 8. The highest BCUT2D eigenvalue weighted by Crippen LogP contribution is 2.38. The predicted molar refractivity (Wildman–Crippen MR) is 109 cm³/mol. The summed E-state index contributed by atoms with van der Waals surface area (Å²) in [5.41, 5.74) is 6.32. The van der Waals surface area contributed by atoms with E-state index in [0.29, 0.717) is 23.4 Å². The minimum absolute atomic E-state index is 0.110. The maximum atomic E-state index is 13.0. The average molecular weight is 422 g/mol. The van der Waals surface area contributed by atoms with E-state index in [1.54, 1.807) is 17.6 Å². The summed E-state index contributed by atoms with van der Waals surface area (Å²) in [6.07, 6.45) is 0.139. The quantitative estimate of drug-likeness (QED) is 0.421. The molecule has 0 amide bonds. The Kier molecular flexibility index (Phi) is 5.08. The highest BCUT2D eigenvalue weighted by molar-refractivity contribution is 5.86. The smallest absolute Gasteiger partial charge is 0.343 e. The third-order valence-electron chi connectivity index (χ3n) is 5.58. The number of para-hydroxylation sites is 1. The second-order valence-electron chi connectivity index (χ2n) is 7.37. The van der Waals surface area contributed by atoms with Crippen LogP contribution in [0, 0.1) is 0 Å². The minimum Gasteiger partial charge on any atom is -0.549 e. The number of nitrogens with zero attached hydrogens (tertiary/aromatic N) is 2. The van der Waals surface area contributed by atoms with E-state index in [4.69, 9.17) is 19.6 Å². The number of benzene rings is 1. The van der Waals surface area contributed by atoms with Gasteiger partial charge in [0.05, 0.1) is 35.0 Å². The van der Waals surface area contributed by atoms with E-state index in [1.807, 2.05) is 30.3 Å². The maximum Gasteiger partial charge on any atom is 0.343 e. The van der Waals surface area contributed by atoms with Crippen LogP contribution in [0.1, 0.15) is 30.0 Å². The van der Waals surface area contributed by atoms with Gasteiger partial charge in [0.15, 0.2) is 5.60 Å². The summed E-state index contributed by atoms with van der Waals surface area (Å²) in [7, 11) is 0. The van der Waals surface area contributed by atoms with Crippen LogP contribution in [0.15, 0.2) is 41.2 Å². The lowest BCUT2D eigenvalue weighted by Crippen LogP contribution is -2.44. The van der Waals surface area contributed by atoms with Crippen LogP contribution in [0.4, 0.5) is 0 Å². The van der Waals surface area contributed by atoms with Gasteiger partial charge in [0.2, 0.25) is 0 Å². The summed E-state index contributed by atoms with van der Waals surface area (Å²) >= 11 is 0. The van der Waals surface area contributed by atoms with Crippen molar-refractivity contribution in [2.45, 2.75) is 32.1 Å². The number of carboxylic acid groups (broad SMARTS) is 1. The Morgan fingerprint density at radius 2 is 2.03 bits per heavy atom. The van der Waals surface area contributed by atoms with Crippen molar-refractivity contribution in [3.8, 4) is 11.4 Å². The topological polar surface area (TPSA) is 148 Å². The number of rotatable bonds is 2. The normalized spacial score (nSPS) is 18.4. The minimum atomic E-state index is -1.79. The van der Waals surface area contributed by atoms with Crippen molar-refractivity contribution in [1.82, 2.24) is 9.55 Å². The van der Waals surface area contributed by atoms with Crippen molar-refractivity contribution < 1.29 is 24.5 Å². The van der Waals surface area contributed by atoms with Crippen LogP contribution in [-0.2, 0) is 33.1 Å². The Labute approximate surface area is 176 Å². The SMILES string of the molecule is CC[C@@]1(O)C(=O)OCc2c1cc1n(c2=O)Cc2cc3ccccc3nc2-1.NCC(=O)[O-]. The van der Waals surface area contributed by atoms with E-state index in [0.717, 1.165) is 22.2 Å². The van der Waals surface area contributed by atoms with E-state index in [1.165, 1.54) is 0 Å². The molecule has 2 aliphatic heterocycles. The van der Waals surface area contributed by atoms with Gasteiger partial charge in [0, 0.05) is 23.1 Å². The highest BCUT2D eigenvalue weighted by atomic mass is 16.6. The van der Waals surface area contributed by atoms with Crippen molar-refractivity contribution in [2.75, 3.05) is 6.54 Å². The van der Waals surface area contributed by atoms with Crippen LogP contribution >= 0.6 is 0 Å². The molecule has 0 saturated heterocycles. The lowest BCUT2D eigenvalue weighted by atomic mass is 9.86. The molecule has 0 saturated carbocycles. The zero-order valence-corrected chi connectivity index (χ0v) is 16.8. The fourth-order valence-electron chi connectivity index (χ4n) is 3.93. The molecule has 2 aliphatic rings. The molecule has 2 aromatic heterocycles. The summed E-state index contributed by atoms with van der Waals surface area (Å²) in [6.45, 7) is 1.62. The number of esters is 1. The van der Waals surface area contributed by atoms with Gasteiger partial charge >= 0.3 is 5.97 Å². The average Bonchev–Trinajstić information content (AvgIpc) is 3.13. The summed E-state index contributed by atoms with van der Waals surface area (Å²) in [4.78, 5) is 39.0. The largest absolute Gasteiger partial charge is 0.549 e. The first-order chi connectivity index (χ1) is 14.8. The molecule has 1 atom stereocenters. The maximum absolute atomic E-state index is 13.0. The molecule has 0 fully saturated rings. The number of ether oxygens (including phenoxy) is 1. The van der Waals surface area contributed by atoms with Crippen molar-refractivity contribution in [3.63, 3.8) is 0 Å². The molecule has 5 rings (SSSR count). The van der Waals surface area contributed by atoms with Crippen LogP contribution in [0.25, 0.3) is 22.3 Å². The molecule has 0 radical (unpaired) electrons. The number of aromatic nitrogens is 2. The summed E-state index contributed by atoms with van der Waals surface area (Å²) in [5.74, 6) is -1.92.